The Morgan fingerprint density at radius 1 is 0.861 bits per heavy atom. The molecule has 6 nitrogen and oxygen atoms in total. The predicted molar refractivity (Wildman–Crippen MR) is 143 cm³/mol. The summed E-state index contributed by atoms with van der Waals surface area (Å²) in [5.74, 6) is 0.825. The number of nitrogens with zero attached hydrogens (tertiary/aromatic N) is 2. The van der Waals surface area contributed by atoms with Crippen LogP contribution in [0.5, 0.6) is 5.75 Å². The van der Waals surface area contributed by atoms with Gasteiger partial charge < -0.3 is 19.7 Å². The summed E-state index contributed by atoms with van der Waals surface area (Å²) in [4.78, 5) is 17.4. The van der Waals surface area contributed by atoms with E-state index >= 15 is 0 Å². The van der Waals surface area contributed by atoms with E-state index in [4.69, 9.17) is 9.47 Å². The van der Waals surface area contributed by atoms with Crippen molar-refractivity contribution in [2.45, 2.75) is 13.1 Å². The number of amides is 1. The van der Waals surface area contributed by atoms with Gasteiger partial charge in [0.25, 0.3) is 5.91 Å². The largest absolute Gasteiger partial charge is 0.473 e. The van der Waals surface area contributed by atoms with E-state index in [1.54, 1.807) is 0 Å². The summed E-state index contributed by atoms with van der Waals surface area (Å²) in [7, 11) is 0. The molecule has 182 valence electrons. The lowest BCUT2D eigenvalue weighted by Crippen LogP contribution is -2.35. The van der Waals surface area contributed by atoms with Crippen molar-refractivity contribution in [1.29, 1.82) is 0 Å². The van der Waals surface area contributed by atoms with Gasteiger partial charge in [0.05, 0.1) is 19.8 Å². The average molecular weight is 480 g/mol. The number of ether oxygens (including phenoxy) is 2. The predicted octanol–water partition coefficient (Wildman–Crippen LogP) is 5.28. The average Bonchev–Trinajstić information content (AvgIpc) is 2.94. The first-order valence-corrected chi connectivity index (χ1v) is 12.4. The summed E-state index contributed by atoms with van der Waals surface area (Å²) < 4.78 is 11.5. The third-order valence-corrected chi connectivity index (χ3v) is 6.94. The van der Waals surface area contributed by atoms with E-state index in [-0.39, 0.29) is 5.91 Å². The second-order valence-electron chi connectivity index (χ2n) is 9.32. The van der Waals surface area contributed by atoms with Crippen LogP contribution in [-0.2, 0) is 17.8 Å². The molecule has 6 rings (SSSR count). The molecule has 1 saturated heterocycles. The molecule has 2 aliphatic rings. The number of hydrogen-bond acceptors (Lipinski definition) is 5. The molecule has 0 spiro atoms. The van der Waals surface area contributed by atoms with Gasteiger partial charge in [-0.2, -0.15) is 0 Å². The molecule has 36 heavy (non-hydrogen) atoms. The van der Waals surface area contributed by atoms with Crippen LogP contribution in [0.3, 0.4) is 0 Å². The number of benzene rings is 4. The van der Waals surface area contributed by atoms with Crippen LogP contribution in [0.4, 0.5) is 11.4 Å². The van der Waals surface area contributed by atoms with E-state index in [2.05, 4.69) is 63.6 Å². The van der Waals surface area contributed by atoms with E-state index in [0.717, 1.165) is 56.5 Å². The zero-order valence-corrected chi connectivity index (χ0v) is 20.2. The second kappa shape index (κ2) is 10.0. The fourth-order valence-electron chi connectivity index (χ4n) is 4.90. The van der Waals surface area contributed by atoms with Gasteiger partial charge >= 0.3 is 0 Å². The molecule has 2 heterocycles. The van der Waals surface area contributed by atoms with Crippen molar-refractivity contribution in [3.63, 3.8) is 0 Å². The molecule has 6 heteroatoms. The molecule has 1 amide bonds. The highest BCUT2D eigenvalue weighted by Crippen LogP contribution is 2.34. The maximum Gasteiger partial charge on any atom is 0.255 e. The minimum atomic E-state index is -0.117. The number of morpholine rings is 1. The molecular formula is C30H29N3O3. The molecular weight excluding hydrogens is 450 g/mol. The fraction of sp³-hybridized carbons (Fsp3) is 0.233. The molecule has 4 aromatic rings. The number of carbonyl (C=O) groups is 1. The van der Waals surface area contributed by atoms with Crippen molar-refractivity contribution in [1.82, 2.24) is 4.90 Å². The smallest absolute Gasteiger partial charge is 0.255 e. The molecule has 0 saturated carbocycles. The zero-order chi connectivity index (χ0) is 24.3. The van der Waals surface area contributed by atoms with Gasteiger partial charge in [0.1, 0.15) is 5.75 Å². The molecule has 4 aromatic carbocycles. The summed E-state index contributed by atoms with van der Waals surface area (Å²) in [6.45, 7) is 5.65. The minimum absolute atomic E-state index is 0.117. The highest BCUT2D eigenvalue weighted by Gasteiger charge is 2.20. The molecule has 1 fully saturated rings. The lowest BCUT2D eigenvalue weighted by atomic mass is 10.0. The van der Waals surface area contributed by atoms with Gasteiger partial charge in [0, 0.05) is 42.1 Å². The van der Waals surface area contributed by atoms with Gasteiger partial charge in [0.15, 0.2) is 6.73 Å². The maximum absolute atomic E-state index is 12.8. The molecule has 2 aliphatic heterocycles. The second-order valence-corrected chi connectivity index (χ2v) is 9.32. The van der Waals surface area contributed by atoms with Crippen LogP contribution >= 0.6 is 0 Å². The van der Waals surface area contributed by atoms with Crippen LogP contribution in [-0.4, -0.2) is 43.8 Å². The number of anilines is 2. The lowest BCUT2D eigenvalue weighted by Gasteiger charge is -2.31. The Bertz CT molecular complexity index is 1360. The Labute approximate surface area is 211 Å². The van der Waals surface area contributed by atoms with Crippen molar-refractivity contribution >= 4 is 28.1 Å². The van der Waals surface area contributed by atoms with E-state index in [1.165, 1.54) is 21.9 Å². The van der Waals surface area contributed by atoms with Crippen LogP contribution in [0, 0.1) is 0 Å². The molecule has 1 N–H and O–H groups in total. The first-order valence-electron chi connectivity index (χ1n) is 12.4. The minimum Gasteiger partial charge on any atom is -0.473 e. The summed E-state index contributed by atoms with van der Waals surface area (Å²) in [6, 6.07) is 28.3. The molecule has 0 aliphatic carbocycles. The van der Waals surface area contributed by atoms with Crippen LogP contribution in [0.1, 0.15) is 21.5 Å². The fourth-order valence-corrected chi connectivity index (χ4v) is 4.90. The monoisotopic (exact) mass is 479 g/mol. The van der Waals surface area contributed by atoms with Gasteiger partial charge in [-0.15, -0.1) is 0 Å². The lowest BCUT2D eigenvalue weighted by molar-refractivity contribution is 0.0342. The molecule has 0 unspecified atom stereocenters. The number of rotatable bonds is 5. The Kier molecular flexibility index (Phi) is 6.28. The molecule has 0 aromatic heterocycles. The van der Waals surface area contributed by atoms with E-state index in [9.17, 15) is 4.79 Å². The number of hydrogen-bond donors (Lipinski definition) is 1. The van der Waals surface area contributed by atoms with Gasteiger partial charge in [0.2, 0.25) is 0 Å². The van der Waals surface area contributed by atoms with E-state index < -0.39 is 0 Å². The normalized spacial score (nSPS) is 15.8. The number of carbonyl (C=O) groups excluding carboxylic acids is 1. The Morgan fingerprint density at radius 2 is 1.64 bits per heavy atom. The van der Waals surface area contributed by atoms with Crippen molar-refractivity contribution in [3.05, 3.63) is 102 Å². The van der Waals surface area contributed by atoms with Crippen LogP contribution in [0.2, 0.25) is 0 Å². The van der Waals surface area contributed by atoms with E-state index in [1.807, 2.05) is 36.4 Å². The highest BCUT2D eigenvalue weighted by atomic mass is 16.5. The molecule has 0 radical (unpaired) electrons. The standard InChI is InChI=1S/C30H29N3O3/c34-30(31-25-10-5-22(6-11-25)19-32-15-17-35-18-16-32)24-7-12-26(13-8-24)33-20-28-27-4-2-1-3-23(27)9-14-29(28)36-21-33/h1-14H,15-21H2,(H,31,34). The quantitative estimate of drug-likeness (QED) is 0.422. The maximum atomic E-state index is 12.8. The topological polar surface area (TPSA) is 54.0 Å². The van der Waals surface area contributed by atoms with Crippen LogP contribution in [0.25, 0.3) is 10.8 Å². The molecule has 0 bridgehead atoms. The van der Waals surface area contributed by atoms with Gasteiger partial charge in [-0.05, 0) is 58.8 Å². The third-order valence-electron chi connectivity index (χ3n) is 6.94. The van der Waals surface area contributed by atoms with Crippen LogP contribution in [0.15, 0.2) is 84.9 Å². The summed E-state index contributed by atoms with van der Waals surface area (Å²) in [6.07, 6.45) is 0. The Morgan fingerprint density at radius 3 is 2.44 bits per heavy atom. The SMILES string of the molecule is O=C(Nc1ccc(CN2CCOCC2)cc1)c1ccc(N2COc3ccc4ccccc4c3C2)cc1. The number of nitrogens with one attached hydrogen (secondary N) is 1. The van der Waals surface area contributed by atoms with Gasteiger partial charge in [-0.3, -0.25) is 9.69 Å². The van der Waals surface area contributed by atoms with Gasteiger partial charge in [-0.25, -0.2) is 0 Å². The number of fused-ring (bicyclic) bond motifs is 3. The van der Waals surface area contributed by atoms with Crippen molar-refractivity contribution in [3.8, 4) is 5.75 Å². The van der Waals surface area contributed by atoms with Crippen molar-refractivity contribution < 1.29 is 14.3 Å². The Balaban J connectivity index is 1.10. The van der Waals surface area contributed by atoms with Gasteiger partial charge in [-0.1, -0.05) is 42.5 Å². The van der Waals surface area contributed by atoms with Crippen molar-refractivity contribution in [2.75, 3.05) is 43.3 Å². The first-order chi connectivity index (χ1) is 17.7. The summed E-state index contributed by atoms with van der Waals surface area (Å²) in [5, 5.41) is 5.44. The van der Waals surface area contributed by atoms with Crippen molar-refractivity contribution in [2.24, 2.45) is 0 Å². The zero-order valence-electron chi connectivity index (χ0n) is 20.2. The summed E-state index contributed by atoms with van der Waals surface area (Å²) in [5.41, 5.74) is 4.87. The Hall–Kier alpha value is -3.87. The molecule has 0 atom stereocenters. The summed E-state index contributed by atoms with van der Waals surface area (Å²) >= 11 is 0. The first kappa shape index (κ1) is 22.6. The van der Waals surface area contributed by atoms with Crippen LogP contribution < -0.4 is 15.0 Å². The third kappa shape index (κ3) is 4.78. The highest BCUT2D eigenvalue weighted by molar-refractivity contribution is 6.04. The van der Waals surface area contributed by atoms with E-state index in [0.29, 0.717) is 12.3 Å².